The molecule has 0 atom stereocenters. The van der Waals surface area contributed by atoms with E-state index in [0.717, 1.165) is 31.3 Å². The molecule has 29 heavy (non-hydrogen) atoms. The first-order valence-corrected chi connectivity index (χ1v) is 11.0. The molecule has 2 aliphatic rings. The van der Waals surface area contributed by atoms with Crippen LogP contribution in [0.25, 0.3) is 10.9 Å². The molecule has 1 aromatic carbocycles. The highest BCUT2D eigenvalue weighted by Gasteiger charge is 2.39. The molecule has 5 rings (SSSR count). The Hall–Kier alpha value is -2.85. The first-order valence-electron chi connectivity index (χ1n) is 9.59. The number of likely N-dealkylation sites (tertiary alicyclic amines) is 1. The van der Waals surface area contributed by atoms with Gasteiger partial charge in [0.25, 0.3) is 5.91 Å². The maximum atomic E-state index is 13.1. The lowest BCUT2D eigenvalue weighted by Gasteiger charge is -2.37. The van der Waals surface area contributed by atoms with Gasteiger partial charge in [-0.15, -0.1) is 5.10 Å². The Kier molecular flexibility index (Phi) is 4.32. The summed E-state index contributed by atoms with van der Waals surface area (Å²) in [4.78, 5) is 18.7. The number of carbonyl (C=O) groups is 1. The minimum atomic E-state index is -3.66. The number of aromatic nitrogens is 4. The van der Waals surface area contributed by atoms with Crippen molar-refractivity contribution in [1.82, 2.24) is 29.2 Å². The second-order valence-electron chi connectivity index (χ2n) is 7.39. The molecule has 2 aliphatic heterocycles. The van der Waals surface area contributed by atoms with Gasteiger partial charge in [-0.1, -0.05) is 23.4 Å². The summed E-state index contributed by atoms with van der Waals surface area (Å²) in [5.41, 5.74) is 0.782. The Labute approximate surface area is 168 Å². The van der Waals surface area contributed by atoms with Crippen molar-refractivity contribution in [2.45, 2.75) is 23.8 Å². The molecule has 2 aromatic heterocycles. The zero-order valence-electron chi connectivity index (χ0n) is 15.7. The van der Waals surface area contributed by atoms with Crippen molar-refractivity contribution in [3.05, 3.63) is 48.4 Å². The molecule has 0 aliphatic carbocycles. The van der Waals surface area contributed by atoms with E-state index in [0.29, 0.717) is 11.2 Å². The van der Waals surface area contributed by atoms with Gasteiger partial charge in [0.15, 0.2) is 5.69 Å². The number of para-hydroxylation sites is 1. The standard InChI is InChI=1S/C19H20N6O3S/c26-19(23-9-1-2-10-23)16-13-25(22-21-16)15-11-24(12-15)29(27,28)17-7-3-5-14-6-4-8-20-18(14)17/h3-8,13,15H,1-2,9-12H2. The first-order chi connectivity index (χ1) is 14.0. The number of benzene rings is 1. The second kappa shape index (κ2) is 6.89. The normalized spacial score (nSPS) is 18.3. The molecule has 10 heteroatoms. The lowest BCUT2D eigenvalue weighted by Crippen LogP contribution is -2.50. The number of fused-ring (bicyclic) bond motifs is 1. The minimum absolute atomic E-state index is 0.112. The van der Waals surface area contributed by atoms with Gasteiger partial charge in [-0.05, 0) is 25.0 Å². The summed E-state index contributed by atoms with van der Waals surface area (Å²) in [6, 6.07) is 8.63. The smallest absolute Gasteiger partial charge is 0.276 e. The molecule has 0 unspecified atom stereocenters. The molecule has 1 amide bonds. The summed E-state index contributed by atoms with van der Waals surface area (Å²) < 4.78 is 29.1. The van der Waals surface area contributed by atoms with Crippen LogP contribution < -0.4 is 0 Å². The first kappa shape index (κ1) is 18.2. The quantitative estimate of drug-likeness (QED) is 0.640. The molecule has 0 saturated carbocycles. The number of hydrogen-bond donors (Lipinski definition) is 0. The Morgan fingerprint density at radius 3 is 2.62 bits per heavy atom. The van der Waals surface area contributed by atoms with Crippen LogP contribution in [0.15, 0.2) is 47.6 Å². The van der Waals surface area contributed by atoms with Gasteiger partial charge in [-0.25, -0.2) is 13.1 Å². The van der Waals surface area contributed by atoms with E-state index in [2.05, 4.69) is 15.3 Å². The van der Waals surface area contributed by atoms with Gasteiger partial charge in [0.2, 0.25) is 10.0 Å². The third kappa shape index (κ3) is 3.08. The van der Waals surface area contributed by atoms with Crippen molar-refractivity contribution < 1.29 is 13.2 Å². The Balaban J connectivity index is 1.32. The lowest BCUT2D eigenvalue weighted by molar-refractivity contribution is 0.0786. The van der Waals surface area contributed by atoms with Gasteiger partial charge in [-0.3, -0.25) is 9.78 Å². The number of pyridine rings is 1. The van der Waals surface area contributed by atoms with Crippen LogP contribution in [-0.4, -0.2) is 69.7 Å². The molecule has 0 bridgehead atoms. The van der Waals surface area contributed by atoms with E-state index in [4.69, 9.17) is 0 Å². The lowest BCUT2D eigenvalue weighted by atomic mass is 10.2. The molecule has 2 fully saturated rings. The number of nitrogens with zero attached hydrogens (tertiary/aromatic N) is 6. The zero-order chi connectivity index (χ0) is 20.0. The molecule has 2 saturated heterocycles. The zero-order valence-corrected chi connectivity index (χ0v) is 16.5. The van der Waals surface area contributed by atoms with E-state index in [1.165, 1.54) is 4.31 Å². The highest BCUT2D eigenvalue weighted by Crippen LogP contribution is 2.30. The van der Waals surface area contributed by atoms with Gasteiger partial charge < -0.3 is 4.90 Å². The summed E-state index contributed by atoms with van der Waals surface area (Å²) >= 11 is 0. The third-order valence-corrected chi connectivity index (χ3v) is 7.40. The summed E-state index contributed by atoms with van der Waals surface area (Å²) in [6.45, 7) is 2.07. The van der Waals surface area contributed by atoms with E-state index in [1.807, 2.05) is 12.1 Å². The van der Waals surface area contributed by atoms with Crippen molar-refractivity contribution in [3.63, 3.8) is 0 Å². The largest absolute Gasteiger partial charge is 0.337 e. The monoisotopic (exact) mass is 412 g/mol. The van der Waals surface area contributed by atoms with Crippen LogP contribution in [0.4, 0.5) is 0 Å². The number of hydrogen-bond acceptors (Lipinski definition) is 6. The van der Waals surface area contributed by atoms with Crippen LogP contribution in [0.3, 0.4) is 0 Å². The fraction of sp³-hybridized carbons (Fsp3) is 0.368. The van der Waals surface area contributed by atoms with Crippen LogP contribution in [0, 0.1) is 0 Å². The van der Waals surface area contributed by atoms with E-state index in [9.17, 15) is 13.2 Å². The van der Waals surface area contributed by atoms with Crippen molar-refractivity contribution >= 4 is 26.8 Å². The summed E-state index contributed by atoms with van der Waals surface area (Å²) in [6.07, 6.45) is 5.24. The number of rotatable bonds is 4. The van der Waals surface area contributed by atoms with Crippen molar-refractivity contribution in [2.75, 3.05) is 26.2 Å². The fourth-order valence-corrected chi connectivity index (χ4v) is 5.52. The second-order valence-corrected chi connectivity index (χ2v) is 9.30. The fourth-order valence-electron chi connectivity index (χ4n) is 3.84. The molecule has 3 aromatic rings. The van der Waals surface area contributed by atoms with Gasteiger partial charge in [0.1, 0.15) is 4.90 Å². The van der Waals surface area contributed by atoms with Crippen LogP contribution in [0.1, 0.15) is 29.4 Å². The summed E-state index contributed by atoms with van der Waals surface area (Å²) in [7, 11) is -3.66. The topological polar surface area (TPSA) is 101 Å². The summed E-state index contributed by atoms with van der Waals surface area (Å²) in [5.74, 6) is -0.112. The SMILES string of the molecule is O=C(c1cn(C2CN(S(=O)(=O)c3cccc4cccnc34)C2)nn1)N1CCCC1. The minimum Gasteiger partial charge on any atom is -0.337 e. The number of amides is 1. The van der Waals surface area contributed by atoms with Gasteiger partial charge >= 0.3 is 0 Å². The molecule has 4 heterocycles. The predicted octanol–water partition coefficient (Wildman–Crippen LogP) is 1.31. The van der Waals surface area contributed by atoms with Gasteiger partial charge in [0.05, 0.1) is 17.8 Å². The van der Waals surface area contributed by atoms with E-state index in [-0.39, 0.29) is 29.9 Å². The van der Waals surface area contributed by atoms with Crippen LogP contribution in [-0.2, 0) is 10.0 Å². The maximum absolute atomic E-state index is 13.1. The molecule has 9 nitrogen and oxygen atoms in total. The van der Waals surface area contributed by atoms with Crippen LogP contribution in [0.2, 0.25) is 0 Å². The van der Waals surface area contributed by atoms with E-state index in [1.54, 1.807) is 40.2 Å². The average molecular weight is 412 g/mol. The predicted molar refractivity (Wildman–Crippen MR) is 105 cm³/mol. The molecular formula is C19H20N6O3S. The molecular weight excluding hydrogens is 392 g/mol. The Morgan fingerprint density at radius 1 is 1.07 bits per heavy atom. The van der Waals surface area contributed by atoms with Crippen LogP contribution in [0.5, 0.6) is 0 Å². The summed E-state index contributed by atoms with van der Waals surface area (Å²) in [5, 5.41) is 8.83. The third-order valence-electron chi connectivity index (χ3n) is 5.54. The maximum Gasteiger partial charge on any atom is 0.276 e. The highest BCUT2D eigenvalue weighted by atomic mass is 32.2. The molecule has 0 N–H and O–H groups in total. The average Bonchev–Trinajstić information content (AvgIpc) is 3.38. The van der Waals surface area contributed by atoms with Gasteiger partial charge in [-0.2, -0.15) is 4.31 Å². The highest BCUT2D eigenvalue weighted by molar-refractivity contribution is 7.89. The van der Waals surface area contributed by atoms with Crippen molar-refractivity contribution in [1.29, 1.82) is 0 Å². The van der Waals surface area contributed by atoms with E-state index >= 15 is 0 Å². The van der Waals surface area contributed by atoms with E-state index < -0.39 is 10.0 Å². The van der Waals surface area contributed by atoms with Crippen molar-refractivity contribution in [3.8, 4) is 0 Å². The number of sulfonamides is 1. The Morgan fingerprint density at radius 2 is 1.83 bits per heavy atom. The van der Waals surface area contributed by atoms with Crippen molar-refractivity contribution in [2.24, 2.45) is 0 Å². The van der Waals surface area contributed by atoms with Crippen LogP contribution >= 0.6 is 0 Å². The molecule has 0 radical (unpaired) electrons. The number of carbonyl (C=O) groups excluding carboxylic acids is 1. The molecule has 150 valence electrons. The molecule has 0 spiro atoms. The van der Waals surface area contributed by atoms with Gasteiger partial charge in [0, 0.05) is 37.8 Å². The Bertz CT molecular complexity index is 1170.